The number of nitrogens with zero attached hydrogens (tertiary/aromatic N) is 8. The summed E-state index contributed by atoms with van der Waals surface area (Å²) >= 11 is 0. The molecule has 0 aliphatic carbocycles. The van der Waals surface area contributed by atoms with Gasteiger partial charge in [0.1, 0.15) is 11.0 Å². The Labute approximate surface area is 244 Å². The van der Waals surface area contributed by atoms with Crippen LogP contribution < -0.4 is 20.7 Å². The monoisotopic (exact) mass is 567 g/mol. The van der Waals surface area contributed by atoms with Crippen LogP contribution in [0, 0.1) is 0 Å². The third-order valence-electron chi connectivity index (χ3n) is 8.78. The third-order valence-corrected chi connectivity index (χ3v) is 8.78. The molecular formula is C31H37N9O2. The van der Waals surface area contributed by atoms with E-state index in [2.05, 4.69) is 57.3 Å². The number of anilines is 4. The quantitative estimate of drug-likeness (QED) is 0.353. The zero-order chi connectivity index (χ0) is 29.0. The second kappa shape index (κ2) is 10.2. The Morgan fingerprint density at radius 1 is 1.05 bits per heavy atom. The molecule has 2 N–H and O–H groups in total. The maximum Gasteiger partial charge on any atom is 0.278 e. The van der Waals surface area contributed by atoms with Crippen LogP contribution in [0.25, 0.3) is 16.9 Å². The summed E-state index contributed by atoms with van der Waals surface area (Å²) in [5.74, 6) is 0.920. The zero-order valence-electron chi connectivity index (χ0n) is 24.4. The van der Waals surface area contributed by atoms with Crippen LogP contribution in [-0.2, 0) is 12.1 Å². The van der Waals surface area contributed by atoms with Gasteiger partial charge in [-0.1, -0.05) is 18.2 Å². The average molecular weight is 568 g/mol. The Bertz CT molecular complexity index is 1740. The predicted octanol–water partition coefficient (Wildman–Crippen LogP) is 3.24. The van der Waals surface area contributed by atoms with Crippen LogP contribution in [0.3, 0.4) is 0 Å². The van der Waals surface area contributed by atoms with E-state index in [-0.39, 0.29) is 5.56 Å². The number of pyridine rings is 1. The van der Waals surface area contributed by atoms with Crippen LogP contribution in [0.4, 0.5) is 23.0 Å². The van der Waals surface area contributed by atoms with E-state index in [0.717, 1.165) is 44.7 Å². The number of rotatable bonds is 2. The van der Waals surface area contributed by atoms with Crippen molar-refractivity contribution in [3.63, 3.8) is 0 Å². The van der Waals surface area contributed by atoms with Gasteiger partial charge in [0.2, 0.25) is 5.95 Å². The molecule has 1 saturated heterocycles. The SMILES string of the molecule is CN1CCN2c3cc(Nc4ncc5c(=O)n6n(c5n4)-c4cccc(n4)C(C)(O)CCC/C=C\C6)ccc3N(C)C[C@@H]2C1. The number of hydrogen-bond donors (Lipinski definition) is 2. The molecule has 42 heavy (non-hydrogen) atoms. The molecular weight excluding hydrogens is 530 g/mol. The van der Waals surface area contributed by atoms with Crippen molar-refractivity contribution in [2.75, 3.05) is 55.4 Å². The van der Waals surface area contributed by atoms with Gasteiger partial charge in [-0.25, -0.2) is 19.3 Å². The number of nitrogens with one attached hydrogen (secondary N) is 1. The van der Waals surface area contributed by atoms with Gasteiger partial charge in [-0.3, -0.25) is 4.79 Å². The van der Waals surface area contributed by atoms with Crippen LogP contribution in [0.1, 0.15) is 31.9 Å². The lowest BCUT2D eigenvalue weighted by Gasteiger charge is -2.48. The lowest BCUT2D eigenvalue weighted by molar-refractivity contribution is 0.0413. The van der Waals surface area contributed by atoms with Gasteiger partial charge in [0.25, 0.3) is 5.56 Å². The molecule has 7 rings (SSSR count). The molecule has 1 aromatic carbocycles. The van der Waals surface area contributed by atoms with E-state index in [9.17, 15) is 9.90 Å². The Hall–Kier alpha value is -4.22. The van der Waals surface area contributed by atoms with E-state index in [0.29, 0.717) is 47.5 Å². The number of benzene rings is 1. The molecule has 1 fully saturated rings. The topological polar surface area (TPSA) is 108 Å². The van der Waals surface area contributed by atoms with Crippen LogP contribution in [0.15, 0.2) is 59.5 Å². The number of fused-ring (bicyclic) bond motifs is 9. The Balaban J connectivity index is 1.30. The van der Waals surface area contributed by atoms with Crippen molar-refractivity contribution in [1.82, 2.24) is 29.2 Å². The van der Waals surface area contributed by atoms with Crippen molar-refractivity contribution < 1.29 is 5.11 Å². The maximum atomic E-state index is 13.5. The van der Waals surface area contributed by atoms with E-state index in [4.69, 9.17) is 9.97 Å². The first kappa shape index (κ1) is 26.7. The minimum absolute atomic E-state index is 0.185. The molecule has 4 aromatic rings. The summed E-state index contributed by atoms with van der Waals surface area (Å²) < 4.78 is 3.37. The molecule has 6 heterocycles. The van der Waals surface area contributed by atoms with Crippen LogP contribution >= 0.6 is 0 Å². The fourth-order valence-electron chi connectivity index (χ4n) is 6.49. The fourth-order valence-corrected chi connectivity index (χ4v) is 6.49. The Morgan fingerprint density at radius 3 is 2.81 bits per heavy atom. The van der Waals surface area contributed by atoms with Gasteiger partial charge < -0.3 is 25.1 Å². The van der Waals surface area contributed by atoms with E-state index >= 15 is 0 Å². The lowest BCUT2D eigenvalue weighted by Crippen LogP contribution is -2.58. The van der Waals surface area contributed by atoms with Gasteiger partial charge in [0.15, 0.2) is 11.5 Å². The van der Waals surface area contributed by atoms with Crippen molar-refractivity contribution in [3.8, 4) is 5.82 Å². The molecule has 0 radical (unpaired) electrons. The summed E-state index contributed by atoms with van der Waals surface area (Å²) in [4.78, 5) is 35.0. The van der Waals surface area contributed by atoms with Crippen molar-refractivity contribution in [2.45, 2.75) is 44.4 Å². The first-order valence-electron chi connectivity index (χ1n) is 14.7. The summed E-state index contributed by atoms with van der Waals surface area (Å²) in [7, 11) is 4.34. The van der Waals surface area contributed by atoms with Gasteiger partial charge in [-0.15, -0.1) is 0 Å². The zero-order valence-corrected chi connectivity index (χ0v) is 24.4. The number of hydrogen-bond acceptors (Lipinski definition) is 9. The van der Waals surface area contributed by atoms with E-state index < -0.39 is 5.60 Å². The van der Waals surface area contributed by atoms with Gasteiger partial charge in [-0.2, -0.15) is 4.98 Å². The standard InChI is InChI=1S/C31H37N9O2/c1-31(42)13-6-4-5-7-14-39-29(41)23-18-32-30(35-28(23)40(39)27-10-8-9-26(31)34-27)33-21-11-12-24-25(17-21)38-16-15-36(2)19-22(38)20-37(24)3/h5,7-12,17-18,22,42H,4,6,13-16,19-20H2,1-3H3,(H,32,33,35)/b7-5-/t22-,31?/m0/s1. The first-order chi connectivity index (χ1) is 20.3. The molecule has 1 unspecified atom stereocenters. The van der Waals surface area contributed by atoms with Crippen LogP contribution in [-0.4, -0.2) is 80.6 Å². The van der Waals surface area contributed by atoms with Gasteiger partial charge in [0, 0.05) is 45.1 Å². The lowest BCUT2D eigenvalue weighted by atomic mass is 9.94. The van der Waals surface area contributed by atoms with E-state index in [1.54, 1.807) is 22.5 Å². The highest BCUT2D eigenvalue weighted by atomic mass is 16.3. The molecule has 3 aliphatic heterocycles. The molecule has 0 spiro atoms. The number of piperazine rings is 1. The highest BCUT2D eigenvalue weighted by molar-refractivity contribution is 5.80. The average Bonchev–Trinajstić information content (AvgIpc) is 3.24. The minimum Gasteiger partial charge on any atom is -0.384 e. The summed E-state index contributed by atoms with van der Waals surface area (Å²) in [6, 6.07) is 12.3. The molecule has 3 aliphatic rings. The predicted molar refractivity (Wildman–Crippen MR) is 165 cm³/mol. The van der Waals surface area contributed by atoms with Crippen LogP contribution in [0.5, 0.6) is 0 Å². The molecule has 218 valence electrons. The molecule has 2 bridgehead atoms. The molecule has 2 atom stereocenters. The maximum absolute atomic E-state index is 13.5. The largest absolute Gasteiger partial charge is 0.384 e. The fraction of sp³-hybridized carbons (Fsp3) is 0.419. The number of aliphatic hydroxyl groups is 1. The van der Waals surface area contributed by atoms with E-state index in [1.807, 2.05) is 30.3 Å². The van der Waals surface area contributed by atoms with Crippen molar-refractivity contribution in [1.29, 1.82) is 0 Å². The van der Waals surface area contributed by atoms with Gasteiger partial charge in [-0.05, 0) is 63.6 Å². The summed E-state index contributed by atoms with van der Waals surface area (Å²) in [6.45, 7) is 6.23. The molecule has 11 nitrogen and oxygen atoms in total. The first-order valence-corrected chi connectivity index (χ1v) is 14.7. The Morgan fingerprint density at radius 2 is 1.93 bits per heavy atom. The van der Waals surface area contributed by atoms with E-state index in [1.165, 1.54) is 11.4 Å². The van der Waals surface area contributed by atoms with Crippen molar-refractivity contribution in [2.24, 2.45) is 0 Å². The molecule has 0 saturated carbocycles. The molecule has 0 amide bonds. The van der Waals surface area contributed by atoms with Crippen LogP contribution in [0.2, 0.25) is 0 Å². The normalized spacial score (nSPS) is 23.4. The van der Waals surface area contributed by atoms with Gasteiger partial charge >= 0.3 is 0 Å². The summed E-state index contributed by atoms with van der Waals surface area (Å²) in [6.07, 6.45) is 7.86. The number of allylic oxidation sites excluding steroid dienone is 2. The smallest absolute Gasteiger partial charge is 0.278 e. The highest BCUT2D eigenvalue weighted by Crippen LogP contribution is 2.38. The molecule has 3 aromatic heterocycles. The number of likely N-dealkylation sites (N-methyl/N-ethyl adjacent to an activating group) is 2. The third kappa shape index (κ3) is 4.62. The number of aromatic nitrogens is 5. The second-order valence-corrected chi connectivity index (χ2v) is 12.0. The van der Waals surface area contributed by atoms with Crippen molar-refractivity contribution in [3.05, 3.63) is 70.8 Å². The summed E-state index contributed by atoms with van der Waals surface area (Å²) in [5, 5.41) is 15.0. The minimum atomic E-state index is -1.08. The molecule has 11 heteroatoms. The van der Waals surface area contributed by atoms with Crippen molar-refractivity contribution >= 4 is 34.0 Å². The Kier molecular flexibility index (Phi) is 6.51. The summed E-state index contributed by atoms with van der Waals surface area (Å²) in [5.41, 5.74) is 3.07. The van der Waals surface area contributed by atoms with Gasteiger partial charge in [0.05, 0.1) is 29.7 Å². The highest BCUT2D eigenvalue weighted by Gasteiger charge is 2.33. The second-order valence-electron chi connectivity index (χ2n) is 12.0.